The Morgan fingerprint density at radius 2 is 1.36 bits per heavy atom. The third-order valence-electron chi connectivity index (χ3n) is 3.54. The van der Waals surface area contributed by atoms with E-state index in [1.54, 1.807) is 60.7 Å². The molecule has 0 saturated heterocycles. The average molecular weight is 332 g/mol. The second-order valence-corrected chi connectivity index (χ2v) is 5.28. The van der Waals surface area contributed by atoms with E-state index in [0.717, 1.165) is 0 Å². The van der Waals surface area contributed by atoms with Crippen LogP contribution in [0, 0.1) is 0 Å². The molecule has 0 aliphatic heterocycles. The normalized spacial score (nSPS) is 10.1. The number of benzene rings is 3. The number of hydrogen-bond acceptors (Lipinski definition) is 3. The minimum atomic E-state index is -0.607. The molecule has 3 aromatic carbocycles. The predicted octanol–water partition coefficient (Wildman–Crippen LogP) is 3.83. The number of carbonyl (C=O) groups is 2. The summed E-state index contributed by atoms with van der Waals surface area (Å²) in [4.78, 5) is 24.2. The van der Waals surface area contributed by atoms with E-state index in [1.807, 2.05) is 18.2 Å². The van der Waals surface area contributed by atoms with Crippen molar-refractivity contribution in [2.75, 3.05) is 5.32 Å². The van der Waals surface area contributed by atoms with Gasteiger partial charge in [-0.2, -0.15) is 0 Å². The van der Waals surface area contributed by atoms with Crippen LogP contribution in [-0.4, -0.2) is 11.8 Å². The van der Waals surface area contributed by atoms with Crippen LogP contribution in [0.1, 0.15) is 20.7 Å². The number of hydrogen-bond donors (Lipinski definition) is 2. The maximum Gasteiger partial charge on any atom is 0.259 e. The second-order valence-electron chi connectivity index (χ2n) is 5.28. The van der Waals surface area contributed by atoms with Crippen molar-refractivity contribution >= 4 is 17.5 Å². The van der Waals surface area contributed by atoms with Crippen molar-refractivity contribution in [1.82, 2.24) is 0 Å². The highest BCUT2D eigenvalue weighted by molar-refractivity contribution is 6.09. The zero-order valence-electron chi connectivity index (χ0n) is 13.3. The molecule has 2 amide bonds. The van der Waals surface area contributed by atoms with E-state index in [9.17, 15) is 9.59 Å². The molecule has 3 aromatic rings. The Balaban J connectivity index is 1.87. The molecule has 0 radical (unpaired) electrons. The summed E-state index contributed by atoms with van der Waals surface area (Å²) < 4.78 is 5.79. The fourth-order valence-electron chi connectivity index (χ4n) is 2.36. The first kappa shape index (κ1) is 16.3. The minimum absolute atomic E-state index is 0.248. The quantitative estimate of drug-likeness (QED) is 0.745. The predicted molar refractivity (Wildman–Crippen MR) is 95.9 cm³/mol. The Bertz CT molecular complexity index is 908. The van der Waals surface area contributed by atoms with Gasteiger partial charge < -0.3 is 15.8 Å². The zero-order chi connectivity index (χ0) is 17.6. The van der Waals surface area contributed by atoms with Crippen LogP contribution in [0.25, 0.3) is 0 Å². The standard InChI is InChI=1S/C20H16N2O3/c21-19(23)15-10-4-6-12-17(15)22-20(24)16-11-5-7-13-18(16)25-14-8-2-1-3-9-14/h1-13H,(H2,21,23)(H,22,24). The monoisotopic (exact) mass is 332 g/mol. The van der Waals surface area contributed by atoms with Crippen molar-refractivity contribution in [1.29, 1.82) is 0 Å². The molecule has 3 rings (SSSR count). The number of nitrogens with two attached hydrogens (primary N) is 1. The molecule has 0 aliphatic carbocycles. The van der Waals surface area contributed by atoms with Gasteiger partial charge in [0, 0.05) is 0 Å². The maximum atomic E-state index is 12.7. The summed E-state index contributed by atoms with van der Waals surface area (Å²) >= 11 is 0. The van der Waals surface area contributed by atoms with E-state index >= 15 is 0 Å². The van der Waals surface area contributed by atoms with E-state index in [2.05, 4.69) is 5.32 Å². The molecule has 5 nitrogen and oxygen atoms in total. The lowest BCUT2D eigenvalue weighted by atomic mass is 10.1. The Morgan fingerprint density at radius 3 is 2.08 bits per heavy atom. The summed E-state index contributed by atoms with van der Waals surface area (Å²) in [5, 5.41) is 2.71. The highest BCUT2D eigenvalue weighted by atomic mass is 16.5. The highest BCUT2D eigenvalue weighted by Crippen LogP contribution is 2.26. The molecule has 0 saturated carbocycles. The van der Waals surface area contributed by atoms with E-state index < -0.39 is 5.91 Å². The van der Waals surface area contributed by atoms with Crippen molar-refractivity contribution < 1.29 is 14.3 Å². The van der Waals surface area contributed by atoms with Crippen LogP contribution in [-0.2, 0) is 0 Å². The Kier molecular flexibility index (Phi) is 4.76. The number of rotatable bonds is 5. The molecule has 0 aliphatic rings. The molecule has 0 atom stereocenters. The first-order chi connectivity index (χ1) is 12.1. The van der Waals surface area contributed by atoms with Crippen LogP contribution in [0.15, 0.2) is 78.9 Å². The molecule has 0 unspecified atom stereocenters. The minimum Gasteiger partial charge on any atom is -0.457 e. The summed E-state index contributed by atoms with van der Waals surface area (Å²) in [7, 11) is 0. The number of para-hydroxylation sites is 3. The summed E-state index contributed by atoms with van der Waals surface area (Å²) in [5.74, 6) is 0.0491. The smallest absolute Gasteiger partial charge is 0.259 e. The van der Waals surface area contributed by atoms with Gasteiger partial charge in [-0.3, -0.25) is 9.59 Å². The van der Waals surface area contributed by atoms with Gasteiger partial charge in [-0.15, -0.1) is 0 Å². The first-order valence-corrected chi connectivity index (χ1v) is 7.67. The fraction of sp³-hybridized carbons (Fsp3) is 0. The number of primary amides is 1. The van der Waals surface area contributed by atoms with Crippen LogP contribution >= 0.6 is 0 Å². The lowest BCUT2D eigenvalue weighted by Gasteiger charge is -2.12. The van der Waals surface area contributed by atoms with E-state index in [0.29, 0.717) is 22.7 Å². The number of nitrogens with one attached hydrogen (secondary N) is 1. The largest absolute Gasteiger partial charge is 0.457 e. The SMILES string of the molecule is NC(=O)c1ccccc1NC(=O)c1ccccc1Oc1ccccc1. The lowest BCUT2D eigenvalue weighted by molar-refractivity contribution is 0.100. The topological polar surface area (TPSA) is 81.4 Å². The van der Waals surface area contributed by atoms with Crippen LogP contribution in [0.4, 0.5) is 5.69 Å². The summed E-state index contributed by atoms with van der Waals surface area (Å²) in [6.07, 6.45) is 0. The number of amides is 2. The first-order valence-electron chi connectivity index (χ1n) is 7.67. The van der Waals surface area contributed by atoms with Gasteiger partial charge in [-0.05, 0) is 36.4 Å². The Hall–Kier alpha value is -3.60. The Labute approximate surface area is 145 Å². The summed E-state index contributed by atoms with van der Waals surface area (Å²) in [6, 6.07) is 22.7. The highest BCUT2D eigenvalue weighted by Gasteiger charge is 2.15. The van der Waals surface area contributed by atoms with Crippen molar-refractivity contribution in [2.24, 2.45) is 5.73 Å². The van der Waals surface area contributed by atoms with Crippen molar-refractivity contribution in [3.05, 3.63) is 90.0 Å². The molecule has 5 heteroatoms. The summed E-state index contributed by atoms with van der Waals surface area (Å²) in [5.41, 5.74) is 6.30. The van der Waals surface area contributed by atoms with Crippen LogP contribution in [0.2, 0.25) is 0 Å². The fourth-order valence-corrected chi connectivity index (χ4v) is 2.36. The summed E-state index contributed by atoms with van der Waals surface area (Å²) in [6.45, 7) is 0. The lowest BCUT2D eigenvalue weighted by Crippen LogP contribution is -2.18. The molecule has 0 spiro atoms. The van der Waals surface area contributed by atoms with Gasteiger partial charge in [0.15, 0.2) is 0 Å². The van der Waals surface area contributed by atoms with Gasteiger partial charge in [-0.25, -0.2) is 0 Å². The van der Waals surface area contributed by atoms with Crippen molar-refractivity contribution in [3.63, 3.8) is 0 Å². The molecule has 124 valence electrons. The zero-order valence-corrected chi connectivity index (χ0v) is 13.3. The molecule has 3 N–H and O–H groups in total. The number of carbonyl (C=O) groups excluding carboxylic acids is 2. The second kappa shape index (κ2) is 7.31. The van der Waals surface area contributed by atoms with Gasteiger partial charge in [0.2, 0.25) is 0 Å². The van der Waals surface area contributed by atoms with E-state index in [-0.39, 0.29) is 11.5 Å². The molecule has 0 fully saturated rings. The van der Waals surface area contributed by atoms with Crippen LogP contribution in [0.5, 0.6) is 11.5 Å². The van der Waals surface area contributed by atoms with E-state index in [1.165, 1.54) is 0 Å². The van der Waals surface area contributed by atoms with Gasteiger partial charge in [0.25, 0.3) is 11.8 Å². The molecule has 0 aromatic heterocycles. The molecule has 0 bridgehead atoms. The van der Waals surface area contributed by atoms with E-state index in [4.69, 9.17) is 10.5 Å². The Morgan fingerprint density at radius 1 is 0.760 bits per heavy atom. The van der Waals surface area contributed by atoms with Crippen molar-refractivity contribution in [2.45, 2.75) is 0 Å². The molecular weight excluding hydrogens is 316 g/mol. The maximum absolute atomic E-state index is 12.7. The van der Waals surface area contributed by atoms with Crippen LogP contribution < -0.4 is 15.8 Å². The number of anilines is 1. The third-order valence-corrected chi connectivity index (χ3v) is 3.54. The number of ether oxygens (including phenoxy) is 1. The van der Waals surface area contributed by atoms with Crippen molar-refractivity contribution in [3.8, 4) is 11.5 Å². The van der Waals surface area contributed by atoms with Gasteiger partial charge in [0.05, 0.1) is 16.8 Å². The molecule has 25 heavy (non-hydrogen) atoms. The van der Waals surface area contributed by atoms with Gasteiger partial charge in [0.1, 0.15) is 11.5 Å². The van der Waals surface area contributed by atoms with Gasteiger partial charge >= 0.3 is 0 Å². The van der Waals surface area contributed by atoms with Crippen LogP contribution in [0.3, 0.4) is 0 Å². The molecular formula is C20H16N2O3. The third kappa shape index (κ3) is 3.84. The van der Waals surface area contributed by atoms with Gasteiger partial charge in [-0.1, -0.05) is 42.5 Å². The average Bonchev–Trinajstić information content (AvgIpc) is 2.63. The molecule has 0 heterocycles.